The van der Waals surface area contributed by atoms with Gasteiger partial charge in [0.25, 0.3) is 5.91 Å². The topological polar surface area (TPSA) is 53.6 Å². The van der Waals surface area contributed by atoms with Gasteiger partial charge in [0.05, 0.1) is 12.7 Å². The second-order valence-corrected chi connectivity index (χ2v) is 5.91. The van der Waals surface area contributed by atoms with E-state index in [0.717, 1.165) is 16.9 Å². The molecule has 0 aromatic heterocycles. The van der Waals surface area contributed by atoms with Crippen LogP contribution in [0.2, 0.25) is 0 Å². The second kappa shape index (κ2) is 7.79. The number of carbonyl (C=O) groups excluding carboxylic acids is 1. The van der Waals surface area contributed by atoms with E-state index in [1.54, 1.807) is 13.2 Å². The fraction of sp³-hybridized carbons (Fsp3) is 0.222. The quantitative estimate of drug-likeness (QED) is 0.835. The molecule has 0 aliphatic carbocycles. The Bertz CT molecular complexity index is 742. The number of benzene rings is 2. The van der Waals surface area contributed by atoms with Gasteiger partial charge in [-0.3, -0.25) is 10.1 Å². The van der Waals surface area contributed by atoms with E-state index in [2.05, 4.69) is 10.6 Å². The molecule has 2 rings (SSSR count). The molecule has 5 nitrogen and oxygen atoms in total. The number of nitrogens with zero attached hydrogens (tertiary/aromatic N) is 1. The maximum absolute atomic E-state index is 12.4. The van der Waals surface area contributed by atoms with E-state index >= 15 is 0 Å². The summed E-state index contributed by atoms with van der Waals surface area (Å²) in [5, 5.41) is 5.91. The first-order chi connectivity index (χ1) is 11.4. The summed E-state index contributed by atoms with van der Waals surface area (Å²) in [7, 11) is 5.49. The highest BCUT2D eigenvalue weighted by Gasteiger charge is 2.15. The molecule has 0 aliphatic heterocycles. The molecule has 0 atom stereocenters. The molecule has 0 bridgehead atoms. The van der Waals surface area contributed by atoms with E-state index in [1.165, 1.54) is 0 Å². The minimum absolute atomic E-state index is 0.237. The van der Waals surface area contributed by atoms with Crippen LogP contribution in [0, 0.1) is 6.92 Å². The summed E-state index contributed by atoms with van der Waals surface area (Å²) in [5.41, 5.74) is 3.23. The number of para-hydroxylation sites is 1. The average Bonchev–Trinajstić information content (AvgIpc) is 2.54. The number of amides is 1. The van der Waals surface area contributed by atoms with Crippen LogP contribution < -0.4 is 20.3 Å². The maximum atomic E-state index is 12.4. The van der Waals surface area contributed by atoms with Crippen LogP contribution in [-0.4, -0.2) is 32.2 Å². The lowest BCUT2D eigenvalue weighted by Gasteiger charge is -2.15. The fourth-order valence-corrected chi connectivity index (χ4v) is 2.49. The van der Waals surface area contributed by atoms with Crippen molar-refractivity contribution in [3.8, 4) is 5.75 Å². The summed E-state index contributed by atoms with van der Waals surface area (Å²) in [5.74, 6) is 0.242. The average molecular weight is 343 g/mol. The van der Waals surface area contributed by atoms with Gasteiger partial charge in [0.2, 0.25) is 0 Å². The highest BCUT2D eigenvalue weighted by atomic mass is 32.1. The Morgan fingerprint density at radius 2 is 1.79 bits per heavy atom. The highest BCUT2D eigenvalue weighted by molar-refractivity contribution is 7.80. The van der Waals surface area contributed by atoms with Crippen molar-refractivity contribution in [2.24, 2.45) is 0 Å². The highest BCUT2D eigenvalue weighted by Crippen LogP contribution is 2.22. The van der Waals surface area contributed by atoms with Gasteiger partial charge in [0.15, 0.2) is 5.11 Å². The lowest BCUT2D eigenvalue weighted by Crippen LogP contribution is -2.34. The molecular weight excluding hydrogens is 322 g/mol. The van der Waals surface area contributed by atoms with E-state index in [4.69, 9.17) is 17.0 Å². The third kappa shape index (κ3) is 4.23. The van der Waals surface area contributed by atoms with Gasteiger partial charge >= 0.3 is 0 Å². The van der Waals surface area contributed by atoms with Crippen molar-refractivity contribution in [3.05, 3.63) is 53.6 Å². The van der Waals surface area contributed by atoms with Gasteiger partial charge in [-0.15, -0.1) is 0 Å². The van der Waals surface area contributed by atoms with Gasteiger partial charge in [0.1, 0.15) is 5.75 Å². The summed E-state index contributed by atoms with van der Waals surface area (Å²) in [6.45, 7) is 1.89. The van der Waals surface area contributed by atoms with Crippen molar-refractivity contribution < 1.29 is 9.53 Å². The van der Waals surface area contributed by atoms with Crippen LogP contribution >= 0.6 is 12.2 Å². The van der Waals surface area contributed by atoms with E-state index in [9.17, 15) is 4.79 Å². The maximum Gasteiger partial charge on any atom is 0.261 e. The Hall–Kier alpha value is -2.60. The third-order valence-electron chi connectivity index (χ3n) is 3.53. The summed E-state index contributed by atoms with van der Waals surface area (Å²) >= 11 is 5.21. The van der Waals surface area contributed by atoms with Crippen LogP contribution in [0.25, 0.3) is 0 Å². The largest absolute Gasteiger partial charge is 0.496 e. The molecule has 6 heteroatoms. The first kappa shape index (κ1) is 17.7. The Kier molecular flexibility index (Phi) is 5.76. The smallest absolute Gasteiger partial charge is 0.261 e. The minimum Gasteiger partial charge on any atom is -0.496 e. The predicted octanol–water partition coefficient (Wildman–Crippen LogP) is 3.20. The molecule has 0 unspecified atom stereocenters. The zero-order valence-corrected chi connectivity index (χ0v) is 15.0. The standard InChI is InChI=1S/C18H21N3O2S/c1-12-6-5-7-15(16(12)23-4)17(22)20-18(24)19-13-8-10-14(11-9-13)21(2)3/h5-11H,1-4H3,(H2,19,20,22,24). The zero-order chi connectivity index (χ0) is 17.7. The number of hydrogen-bond acceptors (Lipinski definition) is 4. The van der Waals surface area contributed by atoms with Crippen LogP contribution in [0.15, 0.2) is 42.5 Å². The van der Waals surface area contributed by atoms with Crippen molar-refractivity contribution in [1.29, 1.82) is 0 Å². The summed E-state index contributed by atoms with van der Waals surface area (Å²) in [4.78, 5) is 14.4. The van der Waals surface area contributed by atoms with Gasteiger partial charge in [-0.25, -0.2) is 0 Å². The van der Waals surface area contributed by atoms with Crippen molar-refractivity contribution in [2.45, 2.75) is 6.92 Å². The second-order valence-electron chi connectivity index (χ2n) is 5.51. The molecule has 126 valence electrons. The Morgan fingerprint density at radius 3 is 2.38 bits per heavy atom. The molecule has 1 amide bonds. The Morgan fingerprint density at radius 1 is 1.12 bits per heavy atom. The van der Waals surface area contributed by atoms with E-state index in [1.807, 2.05) is 62.3 Å². The molecule has 0 spiro atoms. The van der Waals surface area contributed by atoms with Crippen LogP contribution in [0.1, 0.15) is 15.9 Å². The molecular formula is C18H21N3O2S. The van der Waals surface area contributed by atoms with Gasteiger partial charge < -0.3 is 15.0 Å². The number of rotatable bonds is 4. The molecule has 0 radical (unpaired) electrons. The summed E-state index contributed by atoms with van der Waals surface area (Å²) in [6, 6.07) is 13.1. The van der Waals surface area contributed by atoms with Crippen molar-refractivity contribution in [2.75, 3.05) is 31.4 Å². The Balaban J connectivity index is 2.04. The molecule has 0 saturated carbocycles. The summed E-state index contributed by atoms with van der Waals surface area (Å²) in [6.07, 6.45) is 0. The van der Waals surface area contributed by atoms with E-state index < -0.39 is 0 Å². The first-order valence-corrected chi connectivity index (χ1v) is 7.86. The van der Waals surface area contributed by atoms with Crippen LogP contribution in [0.5, 0.6) is 5.75 Å². The van der Waals surface area contributed by atoms with E-state index in [0.29, 0.717) is 11.3 Å². The number of anilines is 2. The number of aryl methyl sites for hydroxylation is 1. The molecule has 0 saturated heterocycles. The Labute approximate surface area is 147 Å². The molecule has 0 heterocycles. The zero-order valence-electron chi connectivity index (χ0n) is 14.2. The van der Waals surface area contributed by atoms with E-state index in [-0.39, 0.29) is 11.0 Å². The lowest BCUT2D eigenvalue weighted by molar-refractivity contribution is 0.0974. The fourth-order valence-electron chi connectivity index (χ4n) is 2.28. The van der Waals surface area contributed by atoms with Gasteiger partial charge in [0, 0.05) is 25.5 Å². The molecule has 2 N–H and O–H groups in total. The molecule has 0 fully saturated rings. The van der Waals surface area contributed by atoms with Gasteiger partial charge in [-0.2, -0.15) is 0 Å². The minimum atomic E-state index is -0.307. The predicted molar refractivity (Wildman–Crippen MR) is 102 cm³/mol. The normalized spacial score (nSPS) is 10.0. The van der Waals surface area contributed by atoms with Crippen molar-refractivity contribution in [3.63, 3.8) is 0 Å². The molecule has 2 aromatic rings. The third-order valence-corrected chi connectivity index (χ3v) is 3.73. The van der Waals surface area contributed by atoms with Crippen molar-refractivity contribution in [1.82, 2.24) is 5.32 Å². The SMILES string of the molecule is COc1c(C)cccc1C(=O)NC(=S)Nc1ccc(N(C)C)cc1. The monoisotopic (exact) mass is 343 g/mol. The molecule has 24 heavy (non-hydrogen) atoms. The number of methoxy groups -OCH3 is 1. The molecule has 0 aliphatic rings. The number of nitrogens with one attached hydrogen (secondary N) is 2. The molecule has 2 aromatic carbocycles. The summed E-state index contributed by atoms with van der Waals surface area (Å²) < 4.78 is 5.30. The first-order valence-electron chi connectivity index (χ1n) is 7.45. The number of hydrogen-bond donors (Lipinski definition) is 2. The van der Waals surface area contributed by atoms with Crippen LogP contribution in [0.4, 0.5) is 11.4 Å². The number of carbonyl (C=O) groups is 1. The van der Waals surface area contributed by atoms with Crippen molar-refractivity contribution >= 4 is 34.6 Å². The lowest BCUT2D eigenvalue weighted by atomic mass is 10.1. The number of thiocarbonyl (C=S) groups is 1. The number of ether oxygens (including phenoxy) is 1. The van der Waals surface area contributed by atoms with Crippen LogP contribution in [0.3, 0.4) is 0 Å². The van der Waals surface area contributed by atoms with Gasteiger partial charge in [-0.1, -0.05) is 12.1 Å². The van der Waals surface area contributed by atoms with Gasteiger partial charge in [-0.05, 0) is 55.0 Å². The van der Waals surface area contributed by atoms with Crippen LogP contribution in [-0.2, 0) is 0 Å².